The summed E-state index contributed by atoms with van der Waals surface area (Å²) in [7, 11) is 0. The van der Waals surface area contributed by atoms with Crippen molar-refractivity contribution >= 4 is 22.7 Å². The minimum absolute atomic E-state index is 0.873. The highest BCUT2D eigenvalue weighted by molar-refractivity contribution is 7.13. The molecule has 2 heterocycles. The molecule has 0 atom stereocenters. The Hall–Kier alpha value is -2.26. The summed E-state index contributed by atoms with van der Waals surface area (Å²) >= 11 is 1.73. The normalized spacial score (nSPS) is 12.0. The summed E-state index contributed by atoms with van der Waals surface area (Å²) in [6.45, 7) is 0. The van der Waals surface area contributed by atoms with E-state index < -0.39 is 0 Å². The first kappa shape index (κ1) is 10.6. The second-order valence-corrected chi connectivity index (χ2v) is 5.33. The van der Waals surface area contributed by atoms with E-state index in [1.54, 1.807) is 11.3 Å². The summed E-state index contributed by atoms with van der Waals surface area (Å²) in [5, 5.41) is 5.57. The SMILES string of the molecule is c1csc(-c2cccc3c2Nc2ccccc2O3)c1. The van der Waals surface area contributed by atoms with Crippen molar-refractivity contribution in [3.8, 4) is 21.9 Å². The largest absolute Gasteiger partial charge is 0.453 e. The Morgan fingerprint density at radius 3 is 2.63 bits per heavy atom. The molecule has 3 heteroatoms. The van der Waals surface area contributed by atoms with Crippen LogP contribution in [0.5, 0.6) is 11.5 Å². The number of fused-ring (bicyclic) bond motifs is 2. The number of nitrogens with one attached hydrogen (secondary N) is 1. The highest BCUT2D eigenvalue weighted by Gasteiger charge is 2.19. The molecule has 0 unspecified atom stereocenters. The van der Waals surface area contributed by atoms with Crippen LogP contribution >= 0.6 is 11.3 Å². The first-order chi connectivity index (χ1) is 9.42. The van der Waals surface area contributed by atoms with Gasteiger partial charge in [-0.05, 0) is 29.6 Å². The van der Waals surface area contributed by atoms with Crippen LogP contribution < -0.4 is 10.1 Å². The van der Waals surface area contributed by atoms with Crippen molar-refractivity contribution in [2.45, 2.75) is 0 Å². The van der Waals surface area contributed by atoms with Crippen LogP contribution in [-0.4, -0.2) is 0 Å². The van der Waals surface area contributed by atoms with Crippen LogP contribution in [0.1, 0.15) is 0 Å². The molecule has 2 nitrogen and oxygen atoms in total. The van der Waals surface area contributed by atoms with E-state index in [4.69, 9.17) is 4.74 Å². The number of rotatable bonds is 1. The Morgan fingerprint density at radius 2 is 1.74 bits per heavy atom. The standard InChI is InChI=1S/C16H11NOS/c1-2-7-13-12(6-1)17-16-11(15-9-4-10-19-15)5-3-8-14(16)18-13/h1-10,17H. The van der Waals surface area contributed by atoms with Gasteiger partial charge in [0.25, 0.3) is 0 Å². The Kier molecular flexibility index (Phi) is 2.32. The van der Waals surface area contributed by atoms with Gasteiger partial charge >= 0.3 is 0 Å². The molecule has 4 rings (SSSR count). The smallest absolute Gasteiger partial charge is 0.151 e. The number of hydrogen-bond donors (Lipinski definition) is 1. The molecule has 1 aliphatic rings. The lowest BCUT2D eigenvalue weighted by Gasteiger charge is -2.23. The number of para-hydroxylation sites is 3. The van der Waals surface area contributed by atoms with E-state index in [0.717, 1.165) is 22.9 Å². The maximum absolute atomic E-state index is 5.96. The van der Waals surface area contributed by atoms with Gasteiger partial charge in [-0.25, -0.2) is 0 Å². The van der Waals surface area contributed by atoms with Crippen molar-refractivity contribution in [1.82, 2.24) is 0 Å². The van der Waals surface area contributed by atoms with Gasteiger partial charge in [0.05, 0.1) is 11.4 Å². The van der Waals surface area contributed by atoms with E-state index in [9.17, 15) is 0 Å². The van der Waals surface area contributed by atoms with Gasteiger partial charge in [-0.3, -0.25) is 0 Å². The fourth-order valence-corrected chi connectivity index (χ4v) is 3.05. The number of hydrogen-bond acceptors (Lipinski definition) is 3. The minimum Gasteiger partial charge on any atom is -0.453 e. The van der Waals surface area contributed by atoms with Gasteiger partial charge in [-0.2, -0.15) is 0 Å². The average Bonchev–Trinajstić information content (AvgIpc) is 2.98. The maximum atomic E-state index is 5.96. The molecule has 92 valence electrons. The third-order valence-corrected chi connectivity index (χ3v) is 4.08. The van der Waals surface area contributed by atoms with Gasteiger partial charge in [0.2, 0.25) is 0 Å². The molecule has 3 aromatic rings. The third-order valence-electron chi connectivity index (χ3n) is 3.18. The molecule has 0 aliphatic carbocycles. The van der Waals surface area contributed by atoms with Crippen molar-refractivity contribution in [2.75, 3.05) is 5.32 Å². The quantitative estimate of drug-likeness (QED) is 0.506. The van der Waals surface area contributed by atoms with Crippen molar-refractivity contribution in [1.29, 1.82) is 0 Å². The average molecular weight is 265 g/mol. The fourth-order valence-electron chi connectivity index (χ4n) is 2.29. The van der Waals surface area contributed by atoms with Crippen LogP contribution in [-0.2, 0) is 0 Å². The van der Waals surface area contributed by atoms with Gasteiger partial charge in [-0.1, -0.05) is 30.3 Å². The summed E-state index contributed by atoms with van der Waals surface area (Å²) in [5.41, 5.74) is 3.24. The number of benzene rings is 2. The molecule has 0 spiro atoms. The Balaban J connectivity index is 1.88. The second kappa shape index (κ2) is 4.14. The molecule has 1 aliphatic heterocycles. The third kappa shape index (κ3) is 1.71. The van der Waals surface area contributed by atoms with Gasteiger partial charge < -0.3 is 10.1 Å². The zero-order valence-corrected chi connectivity index (χ0v) is 10.9. The molecule has 0 radical (unpaired) electrons. The first-order valence-electron chi connectivity index (χ1n) is 6.12. The summed E-state index contributed by atoms with van der Waals surface area (Å²) in [6, 6.07) is 18.3. The molecule has 0 saturated heterocycles. The molecule has 1 aromatic heterocycles. The van der Waals surface area contributed by atoms with E-state index in [0.29, 0.717) is 0 Å². The van der Waals surface area contributed by atoms with E-state index >= 15 is 0 Å². The monoisotopic (exact) mass is 265 g/mol. The summed E-state index contributed by atoms with van der Waals surface area (Å²) in [6.07, 6.45) is 0. The first-order valence-corrected chi connectivity index (χ1v) is 7.00. The fraction of sp³-hybridized carbons (Fsp3) is 0. The Labute approximate surface area is 115 Å². The molecule has 1 N–H and O–H groups in total. The highest BCUT2D eigenvalue weighted by Crippen LogP contribution is 2.46. The van der Waals surface area contributed by atoms with E-state index in [2.05, 4.69) is 28.9 Å². The molecule has 0 saturated carbocycles. The summed E-state index contributed by atoms with van der Waals surface area (Å²) < 4.78 is 5.96. The van der Waals surface area contributed by atoms with Crippen molar-refractivity contribution in [2.24, 2.45) is 0 Å². The number of thiophene rings is 1. The molecule has 19 heavy (non-hydrogen) atoms. The maximum Gasteiger partial charge on any atom is 0.151 e. The van der Waals surface area contributed by atoms with Gasteiger partial charge in [0.1, 0.15) is 0 Å². The second-order valence-electron chi connectivity index (χ2n) is 4.38. The van der Waals surface area contributed by atoms with Crippen molar-refractivity contribution in [3.05, 3.63) is 60.0 Å². The van der Waals surface area contributed by atoms with Crippen LogP contribution in [0.15, 0.2) is 60.0 Å². The zero-order valence-electron chi connectivity index (χ0n) is 10.1. The molecule has 0 amide bonds. The van der Waals surface area contributed by atoms with Crippen molar-refractivity contribution < 1.29 is 4.74 Å². The van der Waals surface area contributed by atoms with Gasteiger partial charge in [0, 0.05) is 10.4 Å². The van der Waals surface area contributed by atoms with Gasteiger partial charge in [-0.15, -0.1) is 11.3 Å². The summed E-state index contributed by atoms with van der Waals surface area (Å²) in [5.74, 6) is 1.75. The van der Waals surface area contributed by atoms with E-state index in [-0.39, 0.29) is 0 Å². The predicted octanol–water partition coefficient (Wildman–Crippen LogP) is 5.26. The van der Waals surface area contributed by atoms with Crippen molar-refractivity contribution in [3.63, 3.8) is 0 Å². The minimum atomic E-state index is 0.873. The van der Waals surface area contributed by atoms with E-state index in [1.807, 2.05) is 36.4 Å². The highest BCUT2D eigenvalue weighted by atomic mass is 32.1. The molecular weight excluding hydrogens is 254 g/mol. The lowest BCUT2D eigenvalue weighted by Crippen LogP contribution is -2.03. The van der Waals surface area contributed by atoms with E-state index in [1.165, 1.54) is 10.4 Å². The van der Waals surface area contributed by atoms with Crippen LogP contribution in [0.4, 0.5) is 11.4 Å². The van der Waals surface area contributed by atoms with Crippen LogP contribution in [0.3, 0.4) is 0 Å². The molecule has 2 aromatic carbocycles. The zero-order chi connectivity index (χ0) is 12.7. The number of anilines is 2. The molecule has 0 fully saturated rings. The van der Waals surface area contributed by atoms with Crippen LogP contribution in [0.25, 0.3) is 10.4 Å². The van der Waals surface area contributed by atoms with Crippen LogP contribution in [0, 0.1) is 0 Å². The molecule has 0 bridgehead atoms. The molecular formula is C16H11NOS. The topological polar surface area (TPSA) is 21.3 Å². The van der Waals surface area contributed by atoms with Gasteiger partial charge in [0.15, 0.2) is 11.5 Å². The summed E-state index contributed by atoms with van der Waals surface area (Å²) in [4.78, 5) is 1.24. The lowest BCUT2D eigenvalue weighted by molar-refractivity contribution is 0.481. The van der Waals surface area contributed by atoms with Crippen LogP contribution in [0.2, 0.25) is 0 Å². The predicted molar refractivity (Wildman–Crippen MR) is 79.6 cm³/mol. The lowest BCUT2D eigenvalue weighted by atomic mass is 10.1. The Morgan fingerprint density at radius 1 is 0.842 bits per heavy atom. The Bertz CT molecular complexity index is 734. The number of ether oxygens (including phenoxy) is 1.